The maximum atomic E-state index is 11.2. The zero-order chi connectivity index (χ0) is 15.0. The van der Waals surface area contributed by atoms with E-state index in [-0.39, 0.29) is 4.90 Å². The molecule has 0 amide bonds. The van der Waals surface area contributed by atoms with Crippen molar-refractivity contribution in [2.75, 3.05) is 0 Å². The van der Waals surface area contributed by atoms with Crippen LogP contribution in [-0.2, 0) is 16.6 Å². The quantitative estimate of drug-likeness (QED) is 0.745. The molecular formula is C14H12ClN2O2S2+. The Hall–Kier alpha value is -1.47. The zero-order valence-corrected chi connectivity index (χ0v) is 13.3. The Balaban J connectivity index is 1.92. The number of nitrogens with two attached hydrogens (primary N) is 1. The van der Waals surface area contributed by atoms with E-state index in [0.29, 0.717) is 11.6 Å². The second-order valence-electron chi connectivity index (χ2n) is 4.65. The molecule has 0 fully saturated rings. The third kappa shape index (κ3) is 3.08. The lowest BCUT2D eigenvalue weighted by molar-refractivity contribution is -0.658. The molecule has 0 atom stereocenters. The predicted molar refractivity (Wildman–Crippen MR) is 83.9 cm³/mol. The predicted octanol–water partition coefficient (Wildman–Crippen LogP) is 2.54. The number of rotatable bonds is 3. The van der Waals surface area contributed by atoms with E-state index in [9.17, 15) is 8.42 Å². The van der Waals surface area contributed by atoms with Crippen molar-refractivity contribution in [2.45, 2.75) is 11.4 Å². The first-order valence-electron chi connectivity index (χ1n) is 6.11. The van der Waals surface area contributed by atoms with Crippen LogP contribution >= 0.6 is 22.9 Å². The summed E-state index contributed by atoms with van der Waals surface area (Å²) in [6, 6.07) is 12.4. The minimum Gasteiger partial charge on any atom is -0.225 e. The van der Waals surface area contributed by atoms with E-state index < -0.39 is 10.0 Å². The number of fused-ring (bicyclic) bond motifs is 1. The van der Waals surface area contributed by atoms with Crippen LogP contribution in [0.15, 0.2) is 52.9 Å². The Bertz CT molecular complexity index is 902. The highest BCUT2D eigenvalue weighted by Crippen LogP contribution is 2.21. The van der Waals surface area contributed by atoms with Crippen molar-refractivity contribution in [3.8, 4) is 0 Å². The van der Waals surface area contributed by atoms with Crippen LogP contribution in [0.25, 0.3) is 10.2 Å². The molecule has 7 heteroatoms. The molecule has 4 nitrogen and oxygen atoms in total. The van der Waals surface area contributed by atoms with Gasteiger partial charge in [0.25, 0.3) is 0 Å². The highest BCUT2D eigenvalue weighted by atomic mass is 35.5. The molecule has 0 saturated heterocycles. The lowest BCUT2D eigenvalue weighted by Gasteiger charge is -2.00. The molecule has 0 bridgehead atoms. The first kappa shape index (κ1) is 14.5. The lowest BCUT2D eigenvalue weighted by Crippen LogP contribution is -2.31. The summed E-state index contributed by atoms with van der Waals surface area (Å²) in [6.45, 7) is 0.659. The molecule has 0 unspecified atom stereocenters. The van der Waals surface area contributed by atoms with Gasteiger partial charge in [-0.25, -0.2) is 13.6 Å². The average Bonchev–Trinajstić information content (AvgIpc) is 2.80. The minimum absolute atomic E-state index is 0.123. The van der Waals surface area contributed by atoms with E-state index in [1.54, 1.807) is 23.5 Å². The van der Waals surface area contributed by atoms with Gasteiger partial charge in [-0.2, -0.15) is 4.57 Å². The number of thiazole rings is 1. The highest BCUT2D eigenvalue weighted by Gasteiger charge is 2.13. The summed E-state index contributed by atoms with van der Waals surface area (Å²) in [5.41, 5.74) is 4.12. The molecule has 2 N–H and O–H groups in total. The fourth-order valence-electron chi connectivity index (χ4n) is 2.10. The number of aromatic nitrogens is 1. The number of halogens is 1. The largest absolute Gasteiger partial charge is 0.238 e. The van der Waals surface area contributed by atoms with Crippen LogP contribution in [0.4, 0.5) is 0 Å². The van der Waals surface area contributed by atoms with Crippen molar-refractivity contribution in [3.63, 3.8) is 0 Å². The van der Waals surface area contributed by atoms with Gasteiger partial charge < -0.3 is 0 Å². The van der Waals surface area contributed by atoms with Crippen LogP contribution < -0.4 is 9.71 Å². The topological polar surface area (TPSA) is 64.0 Å². The first-order valence-corrected chi connectivity index (χ1v) is 8.92. The lowest BCUT2D eigenvalue weighted by atomic mass is 10.2. The van der Waals surface area contributed by atoms with Crippen LogP contribution in [0.5, 0.6) is 0 Å². The molecule has 108 valence electrons. The Morgan fingerprint density at radius 1 is 1.14 bits per heavy atom. The van der Waals surface area contributed by atoms with Crippen molar-refractivity contribution in [1.82, 2.24) is 0 Å². The monoisotopic (exact) mass is 339 g/mol. The number of sulfonamides is 1. The van der Waals surface area contributed by atoms with Crippen LogP contribution in [0.2, 0.25) is 5.02 Å². The van der Waals surface area contributed by atoms with Gasteiger partial charge >= 0.3 is 0 Å². The average molecular weight is 340 g/mol. The first-order chi connectivity index (χ1) is 9.93. The molecular weight excluding hydrogens is 328 g/mol. The van der Waals surface area contributed by atoms with Crippen LogP contribution in [0.1, 0.15) is 5.56 Å². The standard InChI is InChI=1S/C14H12ClN2O2S2/c15-11-3-6-13-14(7-11)20-9-17(13)8-10-1-4-12(5-2-10)21(16,18)19/h1-7,9H,8H2,(H2,16,18,19)/q+1. The number of benzene rings is 2. The fraction of sp³-hybridized carbons (Fsp3) is 0.0714. The maximum absolute atomic E-state index is 11.2. The van der Waals surface area contributed by atoms with E-state index in [1.165, 1.54) is 12.1 Å². The summed E-state index contributed by atoms with van der Waals surface area (Å²) in [5.74, 6) is 0. The molecule has 3 aromatic rings. The Labute approximate surface area is 131 Å². The van der Waals surface area contributed by atoms with Crippen molar-refractivity contribution in [1.29, 1.82) is 0 Å². The van der Waals surface area contributed by atoms with Gasteiger partial charge in [0.1, 0.15) is 4.70 Å². The highest BCUT2D eigenvalue weighted by molar-refractivity contribution is 7.89. The van der Waals surface area contributed by atoms with Crippen molar-refractivity contribution < 1.29 is 13.0 Å². The molecule has 0 spiro atoms. The van der Waals surface area contributed by atoms with Gasteiger partial charge in [0, 0.05) is 16.7 Å². The van der Waals surface area contributed by atoms with Gasteiger partial charge in [-0.15, -0.1) is 0 Å². The van der Waals surface area contributed by atoms with Gasteiger partial charge in [0.15, 0.2) is 6.54 Å². The molecule has 0 aliphatic rings. The Morgan fingerprint density at radius 3 is 2.52 bits per heavy atom. The van der Waals surface area contributed by atoms with Crippen LogP contribution in [0.3, 0.4) is 0 Å². The third-order valence-electron chi connectivity index (χ3n) is 3.14. The van der Waals surface area contributed by atoms with E-state index >= 15 is 0 Å². The molecule has 1 aromatic heterocycles. The van der Waals surface area contributed by atoms with Gasteiger partial charge in [-0.1, -0.05) is 35.1 Å². The van der Waals surface area contributed by atoms with Gasteiger partial charge in [0.2, 0.25) is 21.1 Å². The zero-order valence-electron chi connectivity index (χ0n) is 10.9. The smallest absolute Gasteiger partial charge is 0.225 e. The van der Waals surface area contributed by atoms with Gasteiger partial charge in [-0.05, 0) is 24.3 Å². The molecule has 21 heavy (non-hydrogen) atoms. The molecule has 0 saturated carbocycles. The van der Waals surface area contributed by atoms with E-state index in [1.807, 2.05) is 23.7 Å². The molecule has 0 aliphatic carbocycles. The SMILES string of the molecule is NS(=O)(=O)c1ccc(C[n+]2csc3cc(Cl)ccc32)cc1. The number of primary sulfonamides is 1. The minimum atomic E-state index is -3.64. The van der Waals surface area contributed by atoms with Crippen LogP contribution in [-0.4, -0.2) is 8.42 Å². The molecule has 2 aromatic carbocycles. The van der Waals surface area contributed by atoms with Crippen molar-refractivity contribution in [3.05, 3.63) is 58.6 Å². The summed E-state index contributed by atoms with van der Waals surface area (Å²) in [6.07, 6.45) is 0. The number of nitrogens with zero attached hydrogens (tertiary/aromatic N) is 1. The number of hydrogen-bond acceptors (Lipinski definition) is 3. The fourth-order valence-corrected chi connectivity index (χ4v) is 3.78. The molecule has 1 heterocycles. The third-order valence-corrected chi connectivity index (χ3v) is 5.25. The Morgan fingerprint density at radius 2 is 1.86 bits per heavy atom. The van der Waals surface area contributed by atoms with E-state index in [2.05, 4.69) is 4.57 Å². The van der Waals surface area contributed by atoms with E-state index in [0.717, 1.165) is 15.8 Å². The van der Waals surface area contributed by atoms with E-state index in [4.69, 9.17) is 16.7 Å². The maximum Gasteiger partial charge on any atom is 0.238 e. The summed E-state index contributed by atoms with van der Waals surface area (Å²) >= 11 is 7.59. The summed E-state index contributed by atoms with van der Waals surface area (Å²) in [5, 5.41) is 5.80. The van der Waals surface area contributed by atoms with Crippen molar-refractivity contribution >= 4 is 43.2 Å². The normalized spacial score (nSPS) is 11.9. The molecule has 0 radical (unpaired) electrons. The van der Waals surface area contributed by atoms with Gasteiger partial charge in [0.05, 0.1) is 4.90 Å². The number of hydrogen-bond donors (Lipinski definition) is 1. The summed E-state index contributed by atoms with van der Waals surface area (Å²) < 4.78 is 25.7. The Kier molecular flexibility index (Phi) is 3.71. The van der Waals surface area contributed by atoms with Gasteiger partial charge in [-0.3, -0.25) is 0 Å². The second-order valence-corrected chi connectivity index (χ2v) is 7.54. The molecule has 3 rings (SSSR count). The summed E-state index contributed by atoms with van der Waals surface area (Å²) in [4.78, 5) is 0.123. The van der Waals surface area contributed by atoms with Crippen LogP contribution in [0, 0.1) is 0 Å². The molecule has 0 aliphatic heterocycles. The summed E-state index contributed by atoms with van der Waals surface area (Å²) in [7, 11) is -3.64. The second kappa shape index (κ2) is 5.38. The van der Waals surface area contributed by atoms with Crippen molar-refractivity contribution in [2.24, 2.45) is 5.14 Å².